The maximum absolute atomic E-state index is 12.5. The van der Waals surface area contributed by atoms with Crippen molar-refractivity contribution < 1.29 is 14.3 Å². The van der Waals surface area contributed by atoms with Gasteiger partial charge in [0.1, 0.15) is 5.60 Å². The lowest BCUT2D eigenvalue weighted by molar-refractivity contribution is -0.134. The molecule has 1 saturated carbocycles. The predicted molar refractivity (Wildman–Crippen MR) is 94.7 cm³/mol. The van der Waals surface area contributed by atoms with Crippen LogP contribution in [0.4, 0.5) is 4.79 Å². The molecule has 2 atom stereocenters. The molecular weight excluding hydrogens is 304 g/mol. The summed E-state index contributed by atoms with van der Waals surface area (Å²) in [7, 11) is 0. The fourth-order valence-electron chi connectivity index (χ4n) is 3.81. The van der Waals surface area contributed by atoms with Crippen molar-refractivity contribution in [2.45, 2.75) is 84.3 Å². The third-order valence-electron chi connectivity index (χ3n) is 5.15. The van der Waals surface area contributed by atoms with E-state index >= 15 is 0 Å². The van der Waals surface area contributed by atoms with E-state index in [1.165, 1.54) is 32.1 Å². The van der Waals surface area contributed by atoms with Gasteiger partial charge in [-0.1, -0.05) is 26.2 Å². The number of piperidine rings is 1. The molecule has 2 aliphatic rings. The standard InChI is InChI=1S/C19H34N2O3/c1-14-13-21(17(22)12-15-8-6-5-7-9-15)11-10-16(14)20-18(23)24-19(2,3)4/h14-16H,5-13H2,1-4H3,(H,20,23)/t14-,16-/m1/s1. The topological polar surface area (TPSA) is 58.6 Å². The van der Waals surface area contributed by atoms with E-state index < -0.39 is 5.60 Å². The monoisotopic (exact) mass is 338 g/mol. The zero-order chi connectivity index (χ0) is 17.7. The number of hydrogen-bond acceptors (Lipinski definition) is 3. The molecule has 1 heterocycles. The van der Waals surface area contributed by atoms with E-state index in [-0.39, 0.29) is 18.1 Å². The van der Waals surface area contributed by atoms with Gasteiger partial charge in [-0.2, -0.15) is 0 Å². The molecule has 2 rings (SSSR count). The van der Waals surface area contributed by atoms with E-state index in [9.17, 15) is 9.59 Å². The second-order valence-electron chi connectivity index (χ2n) is 8.57. The molecule has 2 amide bonds. The zero-order valence-electron chi connectivity index (χ0n) is 15.8. The molecule has 0 bridgehead atoms. The Morgan fingerprint density at radius 3 is 2.38 bits per heavy atom. The van der Waals surface area contributed by atoms with E-state index in [1.54, 1.807) is 0 Å². The Morgan fingerprint density at radius 1 is 1.12 bits per heavy atom. The van der Waals surface area contributed by atoms with Gasteiger partial charge < -0.3 is 15.0 Å². The largest absolute Gasteiger partial charge is 0.444 e. The number of amides is 2. The first-order valence-corrected chi connectivity index (χ1v) is 9.52. The van der Waals surface area contributed by atoms with Crippen LogP contribution in [-0.4, -0.2) is 41.6 Å². The molecule has 0 radical (unpaired) electrons. The minimum Gasteiger partial charge on any atom is -0.444 e. The highest BCUT2D eigenvalue weighted by Crippen LogP contribution is 2.28. The van der Waals surface area contributed by atoms with Crippen LogP contribution in [0.3, 0.4) is 0 Å². The molecule has 0 aromatic rings. The molecule has 0 unspecified atom stereocenters. The third-order valence-corrected chi connectivity index (χ3v) is 5.15. The summed E-state index contributed by atoms with van der Waals surface area (Å²) in [6, 6.07) is 0.0820. The fraction of sp³-hybridized carbons (Fsp3) is 0.895. The number of nitrogens with zero attached hydrogens (tertiary/aromatic N) is 1. The molecule has 1 N–H and O–H groups in total. The van der Waals surface area contributed by atoms with E-state index in [1.807, 2.05) is 25.7 Å². The van der Waals surface area contributed by atoms with Gasteiger partial charge >= 0.3 is 6.09 Å². The van der Waals surface area contributed by atoms with Gasteiger partial charge in [-0.3, -0.25) is 4.79 Å². The number of carbonyl (C=O) groups is 2. The average Bonchev–Trinajstić information content (AvgIpc) is 2.48. The van der Waals surface area contributed by atoms with Crippen LogP contribution in [-0.2, 0) is 9.53 Å². The average molecular weight is 338 g/mol. The molecule has 138 valence electrons. The van der Waals surface area contributed by atoms with Crippen molar-refractivity contribution >= 4 is 12.0 Å². The summed E-state index contributed by atoms with van der Waals surface area (Å²) in [5.41, 5.74) is -0.482. The van der Waals surface area contributed by atoms with E-state index in [0.717, 1.165) is 19.5 Å². The number of hydrogen-bond donors (Lipinski definition) is 1. The van der Waals surface area contributed by atoms with Crippen molar-refractivity contribution in [2.75, 3.05) is 13.1 Å². The summed E-state index contributed by atoms with van der Waals surface area (Å²) in [6.07, 6.45) is 7.43. The summed E-state index contributed by atoms with van der Waals surface area (Å²) in [6.45, 7) is 9.15. The minimum atomic E-state index is -0.482. The maximum atomic E-state index is 12.5. The Kier molecular flexibility index (Phi) is 6.53. The Hall–Kier alpha value is -1.26. The number of alkyl carbamates (subject to hydrolysis) is 1. The second kappa shape index (κ2) is 8.21. The fourth-order valence-corrected chi connectivity index (χ4v) is 3.81. The van der Waals surface area contributed by atoms with Crippen LogP contribution in [0.25, 0.3) is 0 Å². The molecular formula is C19H34N2O3. The highest BCUT2D eigenvalue weighted by atomic mass is 16.6. The van der Waals surface area contributed by atoms with Gasteiger partial charge in [-0.25, -0.2) is 4.79 Å². The van der Waals surface area contributed by atoms with Crippen molar-refractivity contribution in [2.24, 2.45) is 11.8 Å². The molecule has 0 spiro atoms. The Balaban J connectivity index is 1.77. The van der Waals surface area contributed by atoms with Gasteiger partial charge in [0.05, 0.1) is 0 Å². The van der Waals surface area contributed by atoms with Gasteiger partial charge in [0.25, 0.3) is 0 Å². The van der Waals surface area contributed by atoms with Crippen molar-refractivity contribution in [3.05, 3.63) is 0 Å². The van der Waals surface area contributed by atoms with Crippen LogP contribution in [0, 0.1) is 11.8 Å². The normalized spacial score (nSPS) is 26.1. The number of rotatable bonds is 3. The zero-order valence-corrected chi connectivity index (χ0v) is 15.8. The van der Waals surface area contributed by atoms with Crippen LogP contribution in [0.2, 0.25) is 0 Å². The van der Waals surface area contributed by atoms with Crippen LogP contribution < -0.4 is 5.32 Å². The van der Waals surface area contributed by atoms with E-state index in [4.69, 9.17) is 4.74 Å². The quantitative estimate of drug-likeness (QED) is 0.853. The molecule has 0 aromatic heterocycles. The van der Waals surface area contributed by atoms with Crippen molar-refractivity contribution in [3.8, 4) is 0 Å². The number of carbonyl (C=O) groups excluding carboxylic acids is 2. The highest BCUT2D eigenvalue weighted by molar-refractivity contribution is 5.76. The number of likely N-dealkylation sites (tertiary alicyclic amines) is 1. The van der Waals surface area contributed by atoms with E-state index in [0.29, 0.717) is 18.2 Å². The van der Waals surface area contributed by atoms with Crippen molar-refractivity contribution in [1.29, 1.82) is 0 Å². The third kappa shape index (κ3) is 5.99. The van der Waals surface area contributed by atoms with Gasteiger partial charge in [0.2, 0.25) is 5.91 Å². The summed E-state index contributed by atoms with van der Waals surface area (Å²) < 4.78 is 5.33. The Labute approximate surface area is 146 Å². The summed E-state index contributed by atoms with van der Waals surface area (Å²) in [5.74, 6) is 1.13. The van der Waals surface area contributed by atoms with Crippen LogP contribution in [0.5, 0.6) is 0 Å². The molecule has 2 fully saturated rings. The summed E-state index contributed by atoms with van der Waals surface area (Å²) in [5, 5.41) is 2.97. The molecule has 1 aliphatic carbocycles. The van der Waals surface area contributed by atoms with Crippen LogP contribution in [0.1, 0.15) is 72.6 Å². The summed E-state index contributed by atoms with van der Waals surface area (Å²) in [4.78, 5) is 26.5. The first kappa shape index (κ1) is 19.1. The second-order valence-corrected chi connectivity index (χ2v) is 8.57. The van der Waals surface area contributed by atoms with Gasteiger partial charge in [-0.15, -0.1) is 0 Å². The molecule has 5 heteroatoms. The molecule has 0 aromatic carbocycles. The lowest BCUT2D eigenvalue weighted by atomic mass is 9.86. The highest BCUT2D eigenvalue weighted by Gasteiger charge is 2.31. The molecule has 24 heavy (non-hydrogen) atoms. The first-order valence-electron chi connectivity index (χ1n) is 9.52. The van der Waals surface area contributed by atoms with Crippen LogP contribution in [0.15, 0.2) is 0 Å². The van der Waals surface area contributed by atoms with Gasteiger partial charge in [0, 0.05) is 25.6 Å². The van der Waals surface area contributed by atoms with Gasteiger partial charge in [-0.05, 0) is 51.9 Å². The molecule has 5 nitrogen and oxygen atoms in total. The van der Waals surface area contributed by atoms with Crippen molar-refractivity contribution in [3.63, 3.8) is 0 Å². The minimum absolute atomic E-state index is 0.0820. The summed E-state index contributed by atoms with van der Waals surface area (Å²) >= 11 is 0. The number of ether oxygens (including phenoxy) is 1. The molecule has 1 aliphatic heterocycles. The number of nitrogens with one attached hydrogen (secondary N) is 1. The Morgan fingerprint density at radius 2 is 1.79 bits per heavy atom. The predicted octanol–water partition coefficient (Wildman–Crippen LogP) is 3.72. The maximum Gasteiger partial charge on any atom is 0.407 e. The molecule has 1 saturated heterocycles. The first-order chi connectivity index (χ1) is 11.2. The Bertz CT molecular complexity index is 438. The lowest BCUT2D eigenvalue weighted by Gasteiger charge is -2.38. The lowest BCUT2D eigenvalue weighted by Crippen LogP contribution is -2.52. The smallest absolute Gasteiger partial charge is 0.407 e. The van der Waals surface area contributed by atoms with E-state index in [2.05, 4.69) is 12.2 Å². The van der Waals surface area contributed by atoms with Crippen LogP contribution >= 0.6 is 0 Å². The SMILES string of the molecule is C[C@@H]1CN(C(=O)CC2CCCCC2)CC[C@H]1NC(=O)OC(C)(C)C. The van der Waals surface area contributed by atoms with Gasteiger partial charge in [0.15, 0.2) is 0 Å². The van der Waals surface area contributed by atoms with Crippen molar-refractivity contribution in [1.82, 2.24) is 10.2 Å².